The first-order valence-electron chi connectivity index (χ1n) is 9.15. The SMILES string of the molecule is Cn1ccnc1Sc1ccc(NC(=O)C2CCN(c3ccccc3Br)C2=O)cc1. The van der Waals surface area contributed by atoms with Crippen molar-refractivity contribution in [1.82, 2.24) is 9.55 Å². The molecule has 1 N–H and O–H groups in total. The van der Waals surface area contributed by atoms with Gasteiger partial charge in [0.1, 0.15) is 5.92 Å². The van der Waals surface area contributed by atoms with E-state index in [0.717, 1.165) is 20.2 Å². The number of nitrogens with one attached hydrogen (secondary N) is 1. The van der Waals surface area contributed by atoms with Crippen LogP contribution in [-0.2, 0) is 16.6 Å². The lowest BCUT2D eigenvalue weighted by Crippen LogP contribution is -2.33. The van der Waals surface area contributed by atoms with Crippen molar-refractivity contribution in [1.29, 1.82) is 0 Å². The number of amides is 2. The predicted molar refractivity (Wildman–Crippen MR) is 117 cm³/mol. The van der Waals surface area contributed by atoms with Gasteiger partial charge in [-0.05, 0) is 58.7 Å². The summed E-state index contributed by atoms with van der Waals surface area (Å²) >= 11 is 5.02. The molecule has 1 aliphatic rings. The first-order chi connectivity index (χ1) is 14.0. The van der Waals surface area contributed by atoms with Gasteiger partial charge in [-0.15, -0.1) is 0 Å². The van der Waals surface area contributed by atoms with Crippen molar-refractivity contribution in [2.45, 2.75) is 16.5 Å². The van der Waals surface area contributed by atoms with Gasteiger partial charge in [0.2, 0.25) is 11.8 Å². The minimum atomic E-state index is -0.677. The molecule has 6 nitrogen and oxygen atoms in total. The van der Waals surface area contributed by atoms with Crippen molar-refractivity contribution in [3.8, 4) is 0 Å². The number of para-hydroxylation sites is 1. The molecule has 1 saturated heterocycles. The topological polar surface area (TPSA) is 67.2 Å². The van der Waals surface area contributed by atoms with Gasteiger partial charge in [-0.1, -0.05) is 23.9 Å². The van der Waals surface area contributed by atoms with Gasteiger partial charge in [0.25, 0.3) is 0 Å². The molecule has 1 atom stereocenters. The maximum Gasteiger partial charge on any atom is 0.239 e. The molecule has 2 aromatic carbocycles. The lowest BCUT2D eigenvalue weighted by molar-refractivity contribution is -0.129. The summed E-state index contributed by atoms with van der Waals surface area (Å²) in [5, 5.41) is 3.76. The van der Waals surface area contributed by atoms with Crippen LogP contribution in [0.2, 0.25) is 0 Å². The van der Waals surface area contributed by atoms with Crippen molar-refractivity contribution < 1.29 is 9.59 Å². The molecule has 1 unspecified atom stereocenters. The Kier molecular flexibility index (Phi) is 5.73. The Labute approximate surface area is 181 Å². The standard InChI is InChI=1S/C21H19BrN4O2S/c1-25-13-11-23-21(25)29-15-8-6-14(7-9-15)24-19(27)16-10-12-26(20(16)28)18-5-3-2-4-17(18)22/h2-9,11,13,16H,10,12H2,1H3,(H,24,27). The molecule has 29 heavy (non-hydrogen) atoms. The highest BCUT2D eigenvalue weighted by atomic mass is 79.9. The third-order valence-corrected chi connectivity index (χ3v) is 6.53. The van der Waals surface area contributed by atoms with Crippen molar-refractivity contribution in [3.63, 3.8) is 0 Å². The van der Waals surface area contributed by atoms with Gasteiger partial charge in [0.05, 0.1) is 5.69 Å². The quantitative estimate of drug-likeness (QED) is 0.563. The van der Waals surface area contributed by atoms with Crippen molar-refractivity contribution in [2.24, 2.45) is 13.0 Å². The third kappa shape index (κ3) is 4.23. The molecular formula is C21H19BrN4O2S. The monoisotopic (exact) mass is 470 g/mol. The van der Waals surface area contributed by atoms with Crippen LogP contribution in [0.3, 0.4) is 0 Å². The number of benzene rings is 2. The van der Waals surface area contributed by atoms with E-state index in [1.807, 2.05) is 66.3 Å². The number of nitrogens with zero attached hydrogens (tertiary/aromatic N) is 3. The van der Waals surface area contributed by atoms with Gasteiger partial charge in [0, 0.05) is 41.0 Å². The van der Waals surface area contributed by atoms with Crippen LogP contribution in [0, 0.1) is 5.92 Å². The molecule has 148 valence electrons. The van der Waals surface area contributed by atoms with Crippen LogP contribution < -0.4 is 10.2 Å². The van der Waals surface area contributed by atoms with E-state index < -0.39 is 5.92 Å². The molecule has 0 radical (unpaired) electrons. The molecule has 0 bridgehead atoms. The summed E-state index contributed by atoms with van der Waals surface area (Å²) in [5.74, 6) is -1.12. The number of rotatable bonds is 5. The van der Waals surface area contributed by atoms with Gasteiger partial charge in [-0.25, -0.2) is 4.98 Å². The maximum atomic E-state index is 12.8. The van der Waals surface area contributed by atoms with Gasteiger partial charge in [0.15, 0.2) is 5.16 Å². The first-order valence-corrected chi connectivity index (χ1v) is 10.8. The van der Waals surface area contributed by atoms with Crippen molar-refractivity contribution in [3.05, 3.63) is 65.4 Å². The highest BCUT2D eigenvalue weighted by molar-refractivity contribution is 9.10. The number of hydrogen-bond acceptors (Lipinski definition) is 4. The number of imidazole rings is 1. The van der Waals surface area contributed by atoms with Crippen LogP contribution >= 0.6 is 27.7 Å². The number of aryl methyl sites for hydroxylation is 1. The largest absolute Gasteiger partial charge is 0.329 e. The van der Waals surface area contributed by atoms with Crippen molar-refractivity contribution in [2.75, 3.05) is 16.8 Å². The summed E-state index contributed by atoms with van der Waals surface area (Å²) in [6.45, 7) is 0.527. The molecular weight excluding hydrogens is 452 g/mol. The molecule has 0 spiro atoms. The summed E-state index contributed by atoms with van der Waals surface area (Å²) in [5.41, 5.74) is 1.47. The normalized spacial score (nSPS) is 16.3. The zero-order valence-corrected chi connectivity index (χ0v) is 18.1. The number of hydrogen-bond donors (Lipinski definition) is 1. The van der Waals surface area contributed by atoms with Crippen LogP contribution in [0.25, 0.3) is 0 Å². The fourth-order valence-electron chi connectivity index (χ4n) is 3.22. The maximum absolute atomic E-state index is 12.8. The fraction of sp³-hybridized carbons (Fsp3) is 0.190. The number of carbonyl (C=O) groups excluding carboxylic acids is 2. The molecule has 1 aromatic heterocycles. The molecule has 1 aliphatic heterocycles. The summed E-state index contributed by atoms with van der Waals surface area (Å²) in [6, 6.07) is 15.1. The Bertz CT molecular complexity index is 1050. The average molecular weight is 471 g/mol. The predicted octanol–water partition coefficient (Wildman–Crippen LogP) is 4.33. The second-order valence-corrected chi connectivity index (χ2v) is 8.61. The molecule has 4 rings (SSSR count). The molecule has 8 heteroatoms. The van der Waals surface area contributed by atoms with E-state index in [4.69, 9.17) is 0 Å². The highest BCUT2D eigenvalue weighted by Gasteiger charge is 2.38. The zero-order valence-electron chi connectivity index (χ0n) is 15.7. The summed E-state index contributed by atoms with van der Waals surface area (Å²) in [7, 11) is 1.94. The average Bonchev–Trinajstić information content (AvgIpc) is 3.29. The molecule has 0 aliphatic carbocycles. The number of anilines is 2. The van der Waals surface area contributed by atoms with Crippen LogP contribution in [-0.4, -0.2) is 27.9 Å². The number of halogens is 1. The highest BCUT2D eigenvalue weighted by Crippen LogP contribution is 2.32. The van der Waals surface area contributed by atoms with Gasteiger partial charge >= 0.3 is 0 Å². The number of carbonyl (C=O) groups is 2. The summed E-state index contributed by atoms with van der Waals surface area (Å²) in [6.07, 6.45) is 4.15. The number of aromatic nitrogens is 2. The van der Waals surface area contributed by atoms with E-state index in [2.05, 4.69) is 26.2 Å². The van der Waals surface area contributed by atoms with Crippen LogP contribution in [0.1, 0.15) is 6.42 Å². The summed E-state index contributed by atoms with van der Waals surface area (Å²) in [4.78, 5) is 32.5. The Morgan fingerprint density at radius 2 is 1.97 bits per heavy atom. The lowest BCUT2D eigenvalue weighted by Gasteiger charge is -2.18. The van der Waals surface area contributed by atoms with E-state index >= 15 is 0 Å². The van der Waals surface area contributed by atoms with Gasteiger partial charge in [-0.2, -0.15) is 0 Å². The summed E-state index contributed by atoms with van der Waals surface area (Å²) < 4.78 is 2.79. The molecule has 2 amide bonds. The van der Waals surface area contributed by atoms with Crippen LogP contribution in [0.5, 0.6) is 0 Å². The third-order valence-electron chi connectivity index (χ3n) is 4.77. The van der Waals surface area contributed by atoms with Crippen molar-refractivity contribution >= 4 is 50.9 Å². The molecule has 2 heterocycles. The zero-order chi connectivity index (χ0) is 20.4. The van der Waals surface area contributed by atoms with Gasteiger partial charge in [-0.3, -0.25) is 9.59 Å². The van der Waals surface area contributed by atoms with E-state index in [0.29, 0.717) is 18.7 Å². The lowest BCUT2D eigenvalue weighted by atomic mass is 10.1. The van der Waals surface area contributed by atoms with E-state index in [-0.39, 0.29) is 11.8 Å². The fourth-order valence-corrected chi connectivity index (χ4v) is 4.52. The minimum Gasteiger partial charge on any atom is -0.329 e. The molecule has 0 saturated carbocycles. The van der Waals surface area contributed by atoms with Gasteiger partial charge < -0.3 is 14.8 Å². The van der Waals surface area contributed by atoms with E-state index in [1.165, 1.54) is 0 Å². The first kappa shape index (κ1) is 19.7. The Hall–Kier alpha value is -2.58. The Morgan fingerprint density at radius 1 is 1.21 bits per heavy atom. The molecule has 3 aromatic rings. The second kappa shape index (κ2) is 8.42. The minimum absolute atomic E-state index is 0.170. The van der Waals surface area contributed by atoms with E-state index in [1.54, 1.807) is 22.9 Å². The smallest absolute Gasteiger partial charge is 0.239 e. The Morgan fingerprint density at radius 3 is 2.66 bits per heavy atom. The molecule has 1 fully saturated rings. The van der Waals surface area contributed by atoms with Crippen LogP contribution in [0.15, 0.2) is 75.4 Å². The Balaban J connectivity index is 1.40. The van der Waals surface area contributed by atoms with E-state index in [9.17, 15) is 9.59 Å². The van der Waals surface area contributed by atoms with Crippen LogP contribution in [0.4, 0.5) is 11.4 Å². The second-order valence-electron chi connectivity index (χ2n) is 6.72.